The molecule has 1 aliphatic heterocycles. The lowest BCUT2D eigenvalue weighted by molar-refractivity contribution is -0.146. The maximum atomic E-state index is 13.0. The Kier molecular flexibility index (Phi) is 3.82. The van der Waals surface area contributed by atoms with E-state index in [1.165, 1.54) is 30.5 Å². The number of aliphatic hydroxyl groups excluding tert-OH is 1. The van der Waals surface area contributed by atoms with E-state index in [-0.39, 0.29) is 11.3 Å². The summed E-state index contributed by atoms with van der Waals surface area (Å²) in [5.41, 5.74) is 3.36. The summed E-state index contributed by atoms with van der Waals surface area (Å²) in [6.07, 6.45) is 7.68. The Bertz CT molecular complexity index is 694. The van der Waals surface area contributed by atoms with Gasteiger partial charge in [-0.25, -0.2) is 0 Å². The van der Waals surface area contributed by atoms with E-state index in [1.54, 1.807) is 0 Å². The molecule has 5 aliphatic rings. The Hall–Kier alpha value is -1.55. The Morgan fingerprint density at radius 2 is 1.88 bits per heavy atom. The van der Waals surface area contributed by atoms with Crippen LogP contribution in [-0.2, 0) is 11.2 Å². The van der Waals surface area contributed by atoms with Crippen LogP contribution in [0.5, 0.6) is 0 Å². The van der Waals surface area contributed by atoms with Crippen LogP contribution in [0.2, 0.25) is 0 Å². The van der Waals surface area contributed by atoms with Crippen LogP contribution in [0, 0.1) is 23.2 Å². The number of aliphatic hydroxyl groups is 1. The van der Waals surface area contributed by atoms with Crippen molar-refractivity contribution in [3.63, 3.8) is 0 Å². The van der Waals surface area contributed by atoms with Crippen molar-refractivity contribution in [1.29, 1.82) is 0 Å². The standard InChI is InChI=1S/C22H30N2O2/c1-24-5-4-17-9-18(2-3-19(17)24)20(25)13-23-21(26)22-10-14-6-15(11-22)8-16(7-14)12-22/h2-3,9,14-16,20,25H,4-8,10-13H2,1H3,(H,23,26). The number of hydrogen-bond donors (Lipinski definition) is 2. The maximum absolute atomic E-state index is 13.0. The molecule has 1 atom stereocenters. The van der Waals surface area contributed by atoms with Crippen LogP contribution < -0.4 is 10.2 Å². The van der Waals surface area contributed by atoms with E-state index in [9.17, 15) is 9.90 Å². The van der Waals surface area contributed by atoms with Gasteiger partial charge in [-0.2, -0.15) is 0 Å². The zero-order valence-electron chi connectivity index (χ0n) is 15.7. The van der Waals surface area contributed by atoms with Gasteiger partial charge in [0.05, 0.1) is 6.10 Å². The summed E-state index contributed by atoms with van der Waals surface area (Å²) in [6.45, 7) is 1.37. The minimum atomic E-state index is -0.621. The number of amides is 1. The average Bonchev–Trinajstić information content (AvgIpc) is 2.98. The fraction of sp³-hybridized carbons (Fsp3) is 0.682. The van der Waals surface area contributed by atoms with Crippen LogP contribution in [0.4, 0.5) is 5.69 Å². The van der Waals surface area contributed by atoms with Crippen LogP contribution in [0.25, 0.3) is 0 Å². The Morgan fingerprint density at radius 1 is 1.23 bits per heavy atom. The van der Waals surface area contributed by atoms with E-state index >= 15 is 0 Å². The highest BCUT2D eigenvalue weighted by molar-refractivity contribution is 5.83. The molecule has 26 heavy (non-hydrogen) atoms. The van der Waals surface area contributed by atoms with Gasteiger partial charge in [0.15, 0.2) is 0 Å². The van der Waals surface area contributed by atoms with Crippen LogP contribution in [-0.4, -0.2) is 31.2 Å². The highest BCUT2D eigenvalue weighted by atomic mass is 16.3. The van der Waals surface area contributed by atoms with Crippen molar-refractivity contribution in [3.8, 4) is 0 Å². The predicted octanol–water partition coefficient (Wildman–Crippen LogP) is 3.04. The van der Waals surface area contributed by atoms with Crippen molar-refractivity contribution in [2.75, 3.05) is 25.0 Å². The first-order chi connectivity index (χ1) is 12.5. The number of hydrogen-bond acceptors (Lipinski definition) is 3. The first kappa shape index (κ1) is 16.6. The Balaban J connectivity index is 1.24. The molecule has 2 N–H and O–H groups in total. The topological polar surface area (TPSA) is 52.6 Å². The van der Waals surface area contributed by atoms with Gasteiger partial charge in [0.1, 0.15) is 0 Å². The zero-order chi connectivity index (χ0) is 17.9. The molecule has 0 saturated heterocycles. The monoisotopic (exact) mass is 354 g/mol. The van der Waals surface area contributed by atoms with Gasteiger partial charge in [0, 0.05) is 31.2 Å². The lowest BCUT2D eigenvalue weighted by Crippen LogP contribution is -2.54. The van der Waals surface area contributed by atoms with Gasteiger partial charge in [-0.1, -0.05) is 12.1 Å². The van der Waals surface area contributed by atoms with E-state index in [1.807, 2.05) is 6.07 Å². The number of carbonyl (C=O) groups is 1. The summed E-state index contributed by atoms with van der Waals surface area (Å²) in [5, 5.41) is 13.7. The second kappa shape index (κ2) is 5.98. The van der Waals surface area contributed by atoms with Crippen molar-refractivity contribution in [3.05, 3.63) is 29.3 Å². The molecule has 1 heterocycles. The van der Waals surface area contributed by atoms with Gasteiger partial charge >= 0.3 is 0 Å². The SMILES string of the molecule is CN1CCc2cc(C(O)CNC(=O)C34CC5CC(CC(C5)C3)C4)ccc21. The number of carbonyl (C=O) groups excluding carboxylic acids is 1. The van der Waals surface area contributed by atoms with Gasteiger partial charge < -0.3 is 15.3 Å². The molecule has 4 aliphatic carbocycles. The van der Waals surface area contributed by atoms with Crippen LogP contribution >= 0.6 is 0 Å². The summed E-state index contributed by atoms with van der Waals surface area (Å²) in [4.78, 5) is 15.3. The fourth-order valence-electron chi connectivity index (χ4n) is 6.68. The summed E-state index contributed by atoms with van der Waals surface area (Å²) in [6, 6.07) is 6.21. The molecule has 1 amide bonds. The minimum absolute atomic E-state index is 0.130. The van der Waals surface area contributed by atoms with Crippen LogP contribution in [0.1, 0.15) is 55.8 Å². The van der Waals surface area contributed by atoms with Crippen molar-refractivity contribution in [1.82, 2.24) is 5.32 Å². The molecule has 140 valence electrons. The lowest BCUT2D eigenvalue weighted by atomic mass is 9.49. The fourth-order valence-corrected chi connectivity index (χ4v) is 6.68. The number of fused-ring (bicyclic) bond motifs is 1. The minimum Gasteiger partial charge on any atom is -0.387 e. The molecule has 4 fully saturated rings. The molecule has 1 unspecified atom stereocenters. The van der Waals surface area contributed by atoms with E-state index in [4.69, 9.17) is 0 Å². The van der Waals surface area contributed by atoms with Crippen molar-refractivity contribution < 1.29 is 9.90 Å². The summed E-state index contributed by atoms with van der Waals surface area (Å²) in [5.74, 6) is 2.51. The van der Waals surface area contributed by atoms with Gasteiger partial charge in [-0.05, 0) is 79.9 Å². The molecule has 0 spiro atoms. The van der Waals surface area contributed by atoms with Gasteiger partial charge in [-0.3, -0.25) is 4.79 Å². The van der Waals surface area contributed by atoms with E-state index in [0.29, 0.717) is 6.54 Å². The summed E-state index contributed by atoms with van der Waals surface area (Å²) in [7, 11) is 2.10. The number of anilines is 1. The molecule has 4 bridgehead atoms. The first-order valence-corrected chi connectivity index (χ1v) is 10.3. The Morgan fingerprint density at radius 3 is 2.54 bits per heavy atom. The number of rotatable bonds is 4. The molecule has 6 rings (SSSR count). The molecular formula is C22H30N2O2. The number of nitrogens with one attached hydrogen (secondary N) is 1. The normalized spacial score (nSPS) is 35.5. The summed E-state index contributed by atoms with van der Waals surface area (Å²) < 4.78 is 0. The maximum Gasteiger partial charge on any atom is 0.226 e. The van der Waals surface area contributed by atoms with E-state index in [2.05, 4.69) is 29.4 Å². The smallest absolute Gasteiger partial charge is 0.226 e. The van der Waals surface area contributed by atoms with Gasteiger partial charge in [0.2, 0.25) is 5.91 Å². The van der Waals surface area contributed by atoms with Gasteiger partial charge in [0.25, 0.3) is 0 Å². The molecule has 0 radical (unpaired) electrons. The van der Waals surface area contributed by atoms with Crippen LogP contribution in [0.3, 0.4) is 0 Å². The van der Waals surface area contributed by atoms with Crippen molar-refractivity contribution in [2.24, 2.45) is 23.2 Å². The third kappa shape index (κ3) is 2.65. The van der Waals surface area contributed by atoms with E-state index in [0.717, 1.165) is 55.5 Å². The quantitative estimate of drug-likeness (QED) is 0.874. The summed E-state index contributed by atoms with van der Waals surface area (Å²) >= 11 is 0. The largest absolute Gasteiger partial charge is 0.387 e. The second-order valence-corrected chi connectivity index (χ2v) is 9.48. The van der Waals surface area contributed by atoms with Crippen molar-refractivity contribution in [2.45, 2.75) is 51.0 Å². The average molecular weight is 354 g/mol. The van der Waals surface area contributed by atoms with Crippen molar-refractivity contribution >= 4 is 11.6 Å². The predicted molar refractivity (Wildman–Crippen MR) is 102 cm³/mol. The lowest BCUT2D eigenvalue weighted by Gasteiger charge is -2.55. The molecule has 4 saturated carbocycles. The highest BCUT2D eigenvalue weighted by Gasteiger charge is 2.54. The van der Waals surface area contributed by atoms with E-state index < -0.39 is 6.10 Å². The molecule has 4 nitrogen and oxygen atoms in total. The Labute approximate surface area is 156 Å². The molecule has 1 aromatic rings. The molecular weight excluding hydrogens is 324 g/mol. The zero-order valence-corrected chi connectivity index (χ0v) is 15.7. The highest BCUT2D eigenvalue weighted by Crippen LogP contribution is 2.60. The number of likely N-dealkylation sites (N-methyl/N-ethyl adjacent to an activating group) is 1. The molecule has 0 aromatic heterocycles. The number of nitrogens with zero attached hydrogens (tertiary/aromatic N) is 1. The second-order valence-electron chi connectivity index (χ2n) is 9.48. The van der Waals surface area contributed by atoms with Gasteiger partial charge in [-0.15, -0.1) is 0 Å². The third-order valence-electron chi connectivity index (χ3n) is 7.59. The third-order valence-corrected chi connectivity index (χ3v) is 7.59. The van der Waals surface area contributed by atoms with Crippen LogP contribution in [0.15, 0.2) is 18.2 Å². The molecule has 4 heteroatoms. The first-order valence-electron chi connectivity index (χ1n) is 10.3. The molecule has 1 aromatic carbocycles. The number of benzene rings is 1.